The fourth-order valence-electron chi connectivity index (χ4n) is 4.94. The number of halogens is 1. The summed E-state index contributed by atoms with van der Waals surface area (Å²) in [4.78, 5) is 23.4. The lowest BCUT2D eigenvalue weighted by Gasteiger charge is -2.43. The van der Waals surface area contributed by atoms with Gasteiger partial charge in [0.2, 0.25) is 6.41 Å². The first-order chi connectivity index (χ1) is 17.3. The third kappa shape index (κ3) is 6.04. The Kier molecular flexibility index (Phi) is 8.92. The zero-order valence-electron chi connectivity index (χ0n) is 22.1. The second kappa shape index (κ2) is 11.9. The molecule has 3 unspecified atom stereocenters. The highest BCUT2D eigenvalue weighted by Crippen LogP contribution is 2.41. The number of piperazine rings is 1. The highest BCUT2D eigenvalue weighted by molar-refractivity contribution is 7.51. The third-order valence-corrected chi connectivity index (χ3v) is 9.39. The first-order valence-corrected chi connectivity index (χ1v) is 14.5. The normalized spacial score (nSPS) is 22.6. The summed E-state index contributed by atoms with van der Waals surface area (Å²) in [6.07, 6.45) is 16.0. The number of carbonyl (C=O) groups is 1. The molecule has 0 aliphatic carbocycles. The van der Waals surface area contributed by atoms with Crippen molar-refractivity contribution in [3.63, 3.8) is 0 Å². The van der Waals surface area contributed by atoms with E-state index in [-0.39, 0.29) is 5.78 Å². The molecule has 1 amide bonds. The standard InChI is InChI=1S/C28H39ClN5OP/c1-6-20(3)10-11-31-12-13-32(16-22(31)5)24-8-9-27(34(18-24)19-35)36-26(7-2)23-14-25(29)28-30-21(4)15-33(28)17-23/h7-9,14-15,17-20,22,27,36H,6,10-13,16H2,1-5H3/b26-7-/t20?,22-,27?/m0/s1. The summed E-state index contributed by atoms with van der Waals surface area (Å²) in [5.74, 6) is 0.771. The minimum atomic E-state index is -0.00862. The largest absolute Gasteiger partial charge is 0.368 e. The Morgan fingerprint density at radius 1 is 1.33 bits per heavy atom. The summed E-state index contributed by atoms with van der Waals surface area (Å²) in [7, 11) is 0.404. The Morgan fingerprint density at radius 3 is 2.83 bits per heavy atom. The predicted octanol–water partition coefficient (Wildman–Crippen LogP) is 5.97. The number of imidazole rings is 1. The summed E-state index contributed by atoms with van der Waals surface area (Å²) >= 11 is 6.54. The molecule has 0 radical (unpaired) electrons. The molecule has 1 fully saturated rings. The minimum absolute atomic E-state index is 0.00862. The molecule has 2 aliphatic rings. The number of carbonyl (C=O) groups excluding carboxylic acids is 1. The zero-order valence-corrected chi connectivity index (χ0v) is 23.9. The molecule has 0 aromatic carbocycles. The maximum Gasteiger partial charge on any atom is 0.214 e. The van der Waals surface area contributed by atoms with Gasteiger partial charge in [0.15, 0.2) is 5.65 Å². The van der Waals surface area contributed by atoms with Gasteiger partial charge in [0.05, 0.1) is 22.2 Å². The number of aromatic nitrogens is 2. The van der Waals surface area contributed by atoms with Crippen LogP contribution in [0.15, 0.2) is 48.6 Å². The van der Waals surface area contributed by atoms with Crippen molar-refractivity contribution < 1.29 is 4.79 Å². The van der Waals surface area contributed by atoms with Gasteiger partial charge in [-0.15, -0.1) is 0 Å². The van der Waals surface area contributed by atoms with Crippen LogP contribution < -0.4 is 0 Å². The van der Waals surface area contributed by atoms with Crippen molar-refractivity contribution in [2.24, 2.45) is 5.92 Å². The summed E-state index contributed by atoms with van der Waals surface area (Å²) < 4.78 is 1.98. The topological polar surface area (TPSA) is 44.1 Å². The van der Waals surface area contributed by atoms with Crippen LogP contribution in [0.5, 0.6) is 0 Å². The van der Waals surface area contributed by atoms with Crippen molar-refractivity contribution in [3.8, 4) is 0 Å². The van der Waals surface area contributed by atoms with Crippen LogP contribution in [0, 0.1) is 12.8 Å². The molecule has 4 atom stereocenters. The average molecular weight is 528 g/mol. The van der Waals surface area contributed by atoms with E-state index in [0.29, 0.717) is 19.6 Å². The van der Waals surface area contributed by atoms with Gasteiger partial charge in [-0.2, -0.15) is 0 Å². The van der Waals surface area contributed by atoms with Crippen molar-refractivity contribution in [2.75, 3.05) is 26.2 Å². The van der Waals surface area contributed by atoms with E-state index in [0.717, 1.165) is 54.6 Å². The number of rotatable bonds is 9. The van der Waals surface area contributed by atoms with Gasteiger partial charge in [-0.05, 0) is 62.7 Å². The third-order valence-electron chi connectivity index (χ3n) is 7.44. The maximum atomic E-state index is 12.1. The van der Waals surface area contributed by atoms with Crippen molar-refractivity contribution >= 4 is 37.6 Å². The lowest BCUT2D eigenvalue weighted by Crippen LogP contribution is -2.52. The number of hydrogen-bond acceptors (Lipinski definition) is 4. The van der Waals surface area contributed by atoms with Crippen LogP contribution in [0.1, 0.15) is 51.8 Å². The molecular weight excluding hydrogens is 489 g/mol. The summed E-state index contributed by atoms with van der Waals surface area (Å²) in [5.41, 5.74) is 3.88. The van der Waals surface area contributed by atoms with Gasteiger partial charge in [-0.3, -0.25) is 9.69 Å². The second-order valence-electron chi connectivity index (χ2n) is 10.1. The van der Waals surface area contributed by atoms with E-state index in [4.69, 9.17) is 11.6 Å². The van der Waals surface area contributed by atoms with Gasteiger partial charge < -0.3 is 14.2 Å². The van der Waals surface area contributed by atoms with Crippen molar-refractivity contribution in [1.82, 2.24) is 24.1 Å². The molecule has 0 bridgehead atoms. The first-order valence-electron chi connectivity index (χ1n) is 13.0. The Morgan fingerprint density at radius 2 is 2.14 bits per heavy atom. The fourth-order valence-corrected chi connectivity index (χ4v) is 6.47. The number of aryl methyl sites for hydroxylation is 1. The fraction of sp³-hybridized carbons (Fsp3) is 0.500. The van der Waals surface area contributed by atoms with Crippen molar-refractivity contribution in [3.05, 3.63) is 64.9 Å². The molecule has 1 saturated heterocycles. The Balaban J connectivity index is 1.42. The zero-order chi connectivity index (χ0) is 25.8. The molecule has 0 spiro atoms. The van der Waals surface area contributed by atoms with Gasteiger partial charge in [-0.25, -0.2) is 4.98 Å². The Bertz CT molecular complexity index is 1170. The van der Waals surface area contributed by atoms with E-state index >= 15 is 0 Å². The van der Waals surface area contributed by atoms with Gasteiger partial charge >= 0.3 is 0 Å². The van der Waals surface area contributed by atoms with E-state index in [1.165, 1.54) is 24.7 Å². The molecule has 8 heteroatoms. The number of fused-ring (bicyclic) bond motifs is 1. The number of amides is 1. The number of nitrogens with zero attached hydrogens (tertiary/aromatic N) is 5. The molecule has 0 saturated carbocycles. The van der Waals surface area contributed by atoms with Crippen LogP contribution in [-0.4, -0.2) is 68.5 Å². The quantitative estimate of drug-likeness (QED) is 0.297. The lowest BCUT2D eigenvalue weighted by atomic mass is 10.0. The summed E-state index contributed by atoms with van der Waals surface area (Å²) in [6, 6.07) is 2.48. The maximum absolute atomic E-state index is 12.1. The van der Waals surface area contributed by atoms with Crippen molar-refractivity contribution in [1.29, 1.82) is 0 Å². The van der Waals surface area contributed by atoms with E-state index in [2.05, 4.69) is 60.0 Å². The van der Waals surface area contributed by atoms with Crippen LogP contribution in [0.25, 0.3) is 11.0 Å². The molecule has 0 N–H and O–H groups in total. The SMILES string of the molecule is C/C=C(\PC1C=CC(N2CCN(CCC(C)CC)[C@@H](C)C2)=CN1C=O)c1cc(Cl)c2nc(C)cn2c1. The number of pyridine rings is 1. The highest BCUT2D eigenvalue weighted by atomic mass is 35.5. The van der Waals surface area contributed by atoms with Gasteiger partial charge in [0, 0.05) is 44.3 Å². The molecule has 194 valence electrons. The Labute approximate surface area is 222 Å². The molecule has 4 heterocycles. The minimum Gasteiger partial charge on any atom is -0.368 e. The summed E-state index contributed by atoms with van der Waals surface area (Å²) in [5, 5.41) is 1.81. The van der Waals surface area contributed by atoms with Crippen LogP contribution in [0.4, 0.5) is 0 Å². The summed E-state index contributed by atoms with van der Waals surface area (Å²) in [6.45, 7) is 15.1. The molecule has 2 aromatic heterocycles. The van der Waals surface area contributed by atoms with E-state index in [9.17, 15) is 4.79 Å². The molecule has 2 aromatic rings. The monoisotopic (exact) mass is 527 g/mol. The smallest absolute Gasteiger partial charge is 0.214 e. The predicted molar refractivity (Wildman–Crippen MR) is 152 cm³/mol. The first kappa shape index (κ1) is 26.9. The van der Waals surface area contributed by atoms with E-state index < -0.39 is 0 Å². The van der Waals surface area contributed by atoms with Gasteiger partial charge in [-0.1, -0.05) is 52.6 Å². The number of hydrogen-bond donors (Lipinski definition) is 0. The molecule has 6 nitrogen and oxygen atoms in total. The van der Waals surface area contributed by atoms with Crippen LogP contribution in [0.3, 0.4) is 0 Å². The van der Waals surface area contributed by atoms with Crippen LogP contribution in [0.2, 0.25) is 5.02 Å². The molecular formula is C28H39ClN5OP. The van der Waals surface area contributed by atoms with Crippen LogP contribution >= 0.6 is 20.2 Å². The van der Waals surface area contributed by atoms with Gasteiger partial charge in [0.1, 0.15) is 0 Å². The van der Waals surface area contributed by atoms with E-state index in [1.54, 1.807) is 0 Å². The molecule has 4 rings (SSSR count). The van der Waals surface area contributed by atoms with Crippen LogP contribution in [-0.2, 0) is 4.79 Å². The average Bonchev–Trinajstić information content (AvgIpc) is 3.27. The van der Waals surface area contributed by atoms with E-state index in [1.807, 2.05) is 41.6 Å². The highest BCUT2D eigenvalue weighted by Gasteiger charge is 2.27. The lowest BCUT2D eigenvalue weighted by molar-refractivity contribution is -0.116. The Hall–Kier alpha value is -2.14. The number of allylic oxidation sites excluding steroid dienone is 2. The second-order valence-corrected chi connectivity index (χ2v) is 11.9. The molecule has 2 aliphatic heterocycles. The van der Waals surface area contributed by atoms with Crippen molar-refractivity contribution in [2.45, 2.75) is 59.3 Å². The van der Waals surface area contributed by atoms with Gasteiger partial charge in [0.25, 0.3) is 0 Å². The molecule has 36 heavy (non-hydrogen) atoms.